The number of Topliss-reactive ketones (excluding diaryl/α,β-unsaturated/α-hetero) is 1. The van der Waals surface area contributed by atoms with Gasteiger partial charge in [-0.1, -0.05) is 13.0 Å². The number of ketones is 1. The summed E-state index contributed by atoms with van der Waals surface area (Å²) < 4.78 is 0. The number of anilines is 1. The number of carbonyl (C=O) groups excluding carboxylic acids is 1. The molecule has 1 aliphatic carbocycles. The number of thioether (sulfide) groups is 1. The molecule has 31 heavy (non-hydrogen) atoms. The molecule has 2 aliphatic rings. The molecule has 1 atom stereocenters. The number of nitriles is 1. The van der Waals surface area contributed by atoms with Crippen LogP contribution in [-0.2, 0) is 4.79 Å². The molecule has 1 aliphatic heterocycles. The van der Waals surface area contributed by atoms with Crippen LogP contribution < -0.4 is 10.6 Å². The number of thiophene rings is 1. The fourth-order valence-corrected chi connectivity index (χ4v) is 6.23. The summed E-state index contributed by atoms with van der Waals surface area (Å²) in [5, 5.41) is 23.4. The fourth-order valence-electron chi connectivity index (χ4n) is 4.18. The fraction of sp³-hybridized carbons (Fsp3) is 0.273. The molecule has 4 rings (SSSR count). The van der Waals surface area contributed by atoms with E-state index in [2.05, 4.69) is 13.0 Å². The smallest absolute Gasteiger partial charge is 0.271 e. The summed E-state index contributed by atoms with van der Waals surface area (Å²) in [6.45, 7) is 2.06. The molecule has 2 heterocycles. The normalized spacial score (nSPS) is 18.8. The van der Waals surface area contributed by atoms with E-state index in [1.165, 1.54) is 23.5 Å². The standard InChI is InChI=1S/C22H20N4O3S2/c1-2-30-18-9-10-31-21(18)19-15(12-23)22(24)25(16-7-4-8-17(27)20(16)19)13-5-3-6-14(11-13)26(28)29/h3,5-6,9-11,19H,2,4,7-8,24H2,1H3/t19-/m1/s1. The van der Waals surface area contributed by atoms with Crippen molar-refractivity contribution in [1.29, 1.82) is 5.26 Å². The van der Waals surface area contributed by atoms with Crippen LogP contribution in [0.1, 0.15) is 37.0 Å². The number of nitro benzene ring substituents is 1. The second kappa shape index (κ2) is 8.57. The van der Waals surface area contributed by atoms with E-state index < -0.39 is 10.8 Å². The molecule has 0 saturated heterocycles. The maximum atomic E-state index is 13.2. The molecular weight excluding hydrogens is 432 g/mol. The molecule has 0 saturated carbocycles. The van der Waals surface area contributed by atoms with Crippen molar-refractivity contribution in [2.75, 3.05) is 10.7 Å². The summed E-state index contributed by atoms with van der Waals surface area (Å²) >= 11 is 3.20. The lowest BCUT2D eigenvalue weighted by molar-refractivity contribution is -0.384. The molecule has 9 heteroatoms. The molecule has 1 aromatic carbocycles. The number of nitro groups is 1. The summed E-state index contributed by atoms with van der Waals surface area (Å²) in [6, 6.07) is 10.4. The van der Waals surface area contributed by atoms with Crippen molar-refractivity contribution in [3.8, 4) is 6.07 Å². The second-order valence-electron chi connectivity index (χ2n) is 7.18. The summed E-state index contributed by atoms with van der Waals surface area (Å²) in [7, 11) is 0. The Morgan fingerprint density at radius 2 is 2.19 bits per heavy atom. The third kappa shape index (κ3) is 3.62. The van der Waals surface area contributed by atoms with Gasteiger partial charge in [0, 0.05) is 39.6 Å². The lowest BCUT2D eigenvalue weighted by Crippen LogP contribution is -2.38. The minimum Gasteiger partial charge on any atom is -0.384 e. The van der Waals surface area contributed by atoms with E-state index in [1.54, 1.807) is 28.8 Å². The van der Waals surface area contributed by atoms with Gasteiger partial charge >= 0.3 is 0 Å². The Labute approximate surface area is 188 Å². The van der Waals surface area contributed by atoms with E-state index >= 15 is 0 Å². The Bertz CT molecular complexity index is 1180. The van der Waals surface area contributed by atoms with E-state index in [4.69, 9.17) is 5.73 Å². The van der Waals surface area contributed by atoms with E-state index in [-0.39, 0.29) is 17.3 Å². The molecule has 0 unspecified atom stereocenters. The number of rotatable bonds is 5. The van der Waals surface area contributed by atoms with Crippen LogP contribution in [0.3, 0.4) is 0 Å². The third-order valence-corrected chi connectivity index (χ3v) is 7.50. The Morgan fingerprint density at radius 1 is 1.39 bits per heavy atom. The summed E-state index contributed by atoms with van der Waals surface area (Å²) in [6.07, 6.45) is 1.70. The number of nitrogens with two attached hydrogens (primary N) is 1. The predicted octanol–water partition coefficient (Wildman–Crippen LogP) is 5.07. The van der Waals surface area contributed by atoms with Crippen LogP contribution in [-0.4, -0.2) is 16.5 Å². The van der Waals surface area contributed by atoms with E-state index in [0.717, 1.165) is 21.2 Å². The Hall–Kier alpha value is -3.09. The van der Waals surface area contributed by atoms with E-state index in [0.29, 0.717) is 36.1 Å². The first-order valence-electron chi connectivity index (χ1n) is 9.88. The quantitative estimate of drug-likeness (QED) is 0.382. The number of nitrogens with zero attached hydrogens (tertiary/aromatic N) is 3. The summed E-state index contributed by atoms with van der Waals surface area (Å²) in [5.74, 6) is 0.596. The SMILES string of the molecule is CCSc1ccsc1[C@@H]1C(C#N)=C(N)N(c2cccc([N+](=O)[O-])c2)C2=C1C(=O)CCC2. The van der Waals surface area contributed by atoms with Gasteiger partial charge in [-0.2, -0.15) is 5.26 Å². The monoisotopic (exact) mass is 452 g/mol. The van der Waals surface area contributed by atoms with Crippen LogP contribution in [0.25, 0.3) is 0 Å². The summed E-state index contributed by atoms with van der Waals surface area (Å²) in [4.78, 5) is 27.7. The minimum atomic E-state index is -0.503. The largest absolute Gasteiger partial charge is 0.384 e. The zero-order valence-electron chi connectivity index (χ0n) is 16.8. The molecular formula is C22H20N4O3S2. The van der Waals surface area contributed by atoms with Gasteiger partial charge in [0.2, 0.25) is 0 Å². The van der Waals surface area contributed by atoms with E-state index in [9.17, 15) is 20.2 Å². The molecule has 0 spiro atoms. The number of hydrogen-bond donors (Lipinski definition) is 1. The lowest BCUT2D eigenvalue weighted by atomic mass is 9.78. The van der Waals surface area contributed by atoms with Crippen molar-refractivity contribution < 1.29 is 9.72 Å². The highest BCUT2D eigenvalue weighted by Crippen LogP contribution is 2.49. The maximum Gasteiger partial charge on any atom is 0.271 e. The average molecular weight is 453 g/mol. The van der Waals surface area contributed by atoms with Gasteiger partial charge in [-0.15, -0.1) is 23.1 Å². The number of hydrogen-bond acceptors (Lipinski definition) is 8. The highest BCUT2D eigenvalue weighted by Gasteiger charge is 2.41. The van der Waals surface area contributed by atoms with E-state index in [1.807, 2.05) is 11.4 Å². The van der Waals surface area contributed by atoms with Crippen molar-refractivity contribution >= 4 is 40.3 Å². The first kappa shape index (κ1) is 21.2. The Balaban J connectivity index is 1.95. The van der Waals surface area contributed by atoms with Gasteiger partial charge in [0.05, 0.1) is 28.2 Å². The van der Waals surface area contributed by atoms with Crippen LogP contribution in [0.4, 0.5) is 11.4 Å². The lowest BCUT2D eigenvalue weighted by Gasteiger charge is -2.39. The van der Waals surface area contributed by atoms with Crippen LogP contribution in [0, 0.1) is 21.4 Å². The first-order valence-corrected chi connectivity index (χ1v) is 11.7. The second-order valence-corrected chi connectivity index (χ2v) is 9.43. The minimum absolute atomic E-state index is 0.00257. The number of carbonyl (C=O) groups is 1. The van der Waals surface area contributed by atoms with Crippen molar-refractivity contribution in [1.82, 2.24) is 0 Å². The van der Waals surface area contributed by atoms with Crippen LogP contribution >= 0.6 is 23.1 Å². The zero-order valence-corrected chi connectivity index (χ0v) is 18.5. The van der Waals surface area contributed by atoms with Gasteiger partial charge in [-0.25, -0.2) is 0 Å². The molecule has 0 amide bonds. The topological polar surface area (TPSA) is 113 Å². The van der Waals surface area contributed by atoms with Gasteiger partial charge < -0.3 is 5.73 Å². The van der Waals surface area contributed by atoms with Gasteiger partial charge in [-0.3, -0.25) is 19.8 Å². The molecule has 0 fully saturated rings. The molecule has 1 aromatic heterocycles. The molecule has 158 valence electrons. The molecule has 0 bridgehead atoms. The van der Waals surface area contributed by atoms with Crippen molar-refractivity contribution in [2.45, 2.75) is 37.0 Å². The molecule has 2 aromatic rings. The third-order valence-electron chi connectivity index (χ3n) is 5.43. The van der Waals surface area contributed by atoms with Gasteiger partial charge in [0.1, 0.15) is 5.82 Å². The maximum absolute atomic E-state index is 13.2. The first-order chi connectivity index (χ1) is 15.0. The Kier molecular flexibility index (Phi) is 5.85. The highest BCUT2D eigenvalue weighted by molar-refractivity contribution is 7.99. The van der Waals surface area contributed by atoms with Crippen LogP contribution in [0.2, 0.25) is 0 Å². The Morgan fingerprint density at radius 3 is 2.90 bits per heavy atom. The highest BCUT2D eigenvalue weighted by atomic mass is 32.2. The zero-order chi connectivity index (χ0) is 22.1. The predicted molar refractivity (Wildman–Crippen MR) is 122 cm³/mol. The van der Waals surface area contributed by atoms with Gasteiger partial charge in [0.25, 0.3) is 5.69 Å². The van der Waals surface area contributed by atoms with Crippen molar-refractivity contribution in [3.05, 3.63) is 73.4 Å². The molecule has 0 radical (unpaired) electrons. The summed E-state index contributed by atoms with van der Waals surface area (Å²) in [5.41, 5.74) is 8.57. The van der Waals surface area contributed by atoms with Crippen LogP contribution in [0.15, 0.2) is 63.3 Å². The molecule has 7 nitrogen and oxygen atoms in total. The number of benzene rings is 1. The van der Waals surface area contributed by atoms with Crippen LogP contribution in [0.5, 0.6) is 0 Å². The molecule has 2 N–H and O–H groups in total. The number of allylic oxidation sites excluding steroid dienone is 3. The van der Waals surface area contributed by atoms with Crippen molar-refractivity contribution in [3.63, 3.8) is 0 Å². The number of non-ortho nitro benzene ring substituents is 1. The van der Waals surface area contributed by atoms with Gasteiger partial charge in [-0.05, 0) is 36.1 Å². The van der Waals surface area contributed by atoms with Gasteiger partial charge in [0.15, 0.2) is 5.78 Å². The van der Waals surface area contributed by atoms with Crippen molar-refractivity contribution in [2.24, 2.45) is 5.73 Å². The average Bonchev–Trinajstić information content (AvgIpc) is 3.21.